The predicted octanol–water partition coefficient (Wildman–Crippen LogP) is 1.90. The standard InChI is InChI=1S/C15H19N3O3S/c19-13(9-8-12-7-4-10-21-12)16-15(22)18-17-14(20)11-5-2-1-3-6-11/h4,7-11H,1-3,5-6H2,(H,17,20)(H2,16,18,19,22). The third-order valence-electron chi connectivity index (χ3n) is 3.45. The Hall–Kier alpha value is -2.15. The van der Waals surface area contributed by atoms with E-state index in [-0.39, 0.29) is 16.9 Å². The lowest BCUT2D eigenvalue weighted by molar-refractivity contribution is -0.126. The summed E-state index contributed by atoms with van der Waals surface area (Å²) in [6.45, 7) is 0. The average molecular weight is 321 g/mol. The van der Waals surface area contributed by atoms with Crippen molar-refractivity contribution in [3.63, 3.8) is 0 Å². The molecule has 22 heavy (non-hydrogen) atoms. The molecule has 1 heterocycles. The van der Waals surface area contributed by atoms with Gasteiger partial charge in [0.25, 0.3) is 0 Å². The highest BCUT2D eigenvalue weighted by molar-refractivity contribution is 7.80. The number of amides is 2. The van der Waals surface area contributed by atoms with E-state index >= 15 is 0 Å². The van der Waals surface area contributed by atoms with Gasteiger partial charge in [0.2, 0.25) is 11.8 Å². The summed E-state index contributed by atoms with van der Waals surface area (Å²) < 4.78 is 5.06. The van der Waals surface area contributed by atoms with Crippen LogP contribution in [0, 0.1) is 5.92 Å². The first-order valence-electron chi connectivity index (χ1n) is 7.27. The van der Waals surface area contributed by atoms with Gasteiger partial charge in [-0.3, -0.25) is 25.8 Å². The molecule has 0 atom stereocenters. The van der Waals surface area contributed by atoms with Gasteiger partial charge in [-0.05, 0) is 43.3 Å². The summed E-state index contributed by atoms with van der Waals surface area (Å²) >= 11 is 4.95. The normalized spacial score (nSPS) is 15.5. The SMILES string of the molecule is O=C(C=Cc1ccco1)NC(=S)NNC(=O)C1CCCCC1. The van der Waals surface area contributed by atoms with Crippen molar-refractivity contribution >= 4 is 35.2 Å². The van der Waals surface area contributed by atoms with Crippen LogP contribution in [0.5, 0.6) is 0 Å². The first-order valence-corrected chi connectivity index (χ1v) is 7.68. The quantitative estimate of drug-likeness (QED) is 0.450. The fourth-order valence-corrected chi connectivity index (χ4v) is 2.47. The first kappa shape index (κ1) is 16.2. The van der Waals surface area contributed by atoms with Crippen molar-refractivity contribution in [3.8, 4) is 0 Å². The zero-order chi connectivity index (χ0) is 15.8. The third-order valence-corrected chi connectivity index (χ3v) is 3.66. The second-order valence-corrected chi connectivity index (χ2v) is 5.52. The van der Waals surface area contributed by atoms with Gasteiger partial charge in [-0.15, -0.1) is 0 Å². The molecule has 2 rings (SSSR count). The van der Waals surface area contributed by atoms with Gasteiger partial charge in [0, 0.05) is 12.0 Å². The molecular formula is C15H19N3O3S. The van der Waals surface area contributed by atoms with Crippen molar-refractivity contribution in [2.75, 3.05) is 0 Å². The number of nitrogens with one attached hydrogen (secondary N) is 3. The number of thiocarbonyl (C=S) groups is 1. The molecule has 1 aliphatic rings. The number of furan rings is 1. The molecule has 1 fully saturated rings. The lowest BCUT2D eigenvalue weighted by atomic mass is 9.89. The van der Waals surface area contributed by atoms with Gasteiger partial charge in [-0.1, -0.05) is 19.3 Å². The Balaban J connectivity index is 1.68. The van der Waals surface area contributed by atoms with E-state index in [2.05, 4.69) is 16.2 Å². The highest BCUT2D eigenvalue weighted by Gasteiger charge is 2.20. The largest absolute Gasteiger partial charge is 0.465 e. The summed E-state index contributed by atoms with van der Waals surface area (Å²) in [5.41, 5.74) is 5.09. The van der Waals surface area contributed by atoms with Gasteiger partial charge in [0.15, 0.2) is 5.11 Å². The minimum atomic E-state index is -0.402. The Bertz CT molecular complexity index is 548. The Kier molecular flexibility index (Phi) is 6.14. The highest BCUT2D eigenvalue weighted by atomic mass is 32.1. The van der Waals surface area contributed by atoms with Gasteiger partial charge >= 0.3 is 0 Å². The summed E-state index contributed by atoms with van der Waals surface area (Å²) in [6, 6.07) is 3.45. The molecule has 1 saturated carbocycles. The summed E-state index contributed by atoms with van der Waals surface area (Å²) in [7, 11) is 0. The average Bonchev–Trinajstić information content (AvgIpc) is 3.05. The number of hydrogen-bond donors (Lipinski definition) is 3. The van der Waals surface area contributed by atoms with E-state index in [0.29, 0.717) is 5.76 Å². The highest BCUT2D eigenvalue weighted by Crippen LogP contribution is 2.23. The molecule has 0 saturated heterocycles. The lowest BCUT2D eigenvalue weighted by Crippen LogP contribution is -2.50. The van der Waals surface area contributed by atoms with Crippen LogP contribution in [0.1, 0.15) is 37.9 Å². The van der Waals surface area contributed by atoms with E-state index < -0.39 is 5.91 Å². The number of carbonyl (C=O) groups is 2. The molecule has 0 aromatic carbocycles. The fourth-order valence-electron chi connectivity index (χ4n) is 2.31. The van der Waals surface area contributed by atoms with Crippen molar-refractivity contribution in [2.45, 2.75) is 32.1 Å². The maximum atomic E-state index is 11.9. The van der Waals surface area contributed by atoms with E-state index in [9.17, 15) is 9.59 Å². The topological polar surface area (TPSA) is 83.4 Å². The second-order valence-electron chi connectivity index (χ2n) is 5.12. The molecule has 7 heteroatoms. The summed E-state index contributed by atoms with van der Waals surface area (Å²) in [6.07, 6.45) is 9.50. The zero-order valence-corrected chi connectivity index (χ0v) is 12.9. The summed E-state index contributed by atoms with van der Waals surface area (Å²) in [4.78, 5) is 23.5. The third kappa shape index (κ3) is 5.33. The van der Waals surface area contributed by atoms with Gasteiger partial charge < -0.3 is 4.42 Å². The van der Waals surface area contributed by atoms with Crippen LogP contribution in [0.15, 0.2) is 28.9 Å². The molecule has 3 N–H and O–H groups in total. The van der Waals surface area contributed by atoms with Crippen LogP contribution in [0.4, 0.5) is 0 Å². The van der Waals surface area contributed by atoms with E-state index in [4.69, 9.17) is 16.6 Å². The summed E-state index contributed by atoms with van der Waals surface area (Å²) in [5, 5.41) is 2.49. The van der Waals surface area contributed by atoms with E-state index in [0.717, 1.165) is 25.7 Å². The van der Waals surface area contributed by atoms with E-state index in [1.807, 2.05) is 0 Å². The second kappa shape index (κ2) is 8.33. The predicted molar refractivity (Wildman–Crippen MR) is 86.3 cm³/mol. The Morgan fingerprint density at radius 2 is 2.00 bits per heavy atom. The monoisotopic (exact) mass is 321 g/mol. The van der Waals surface area contributed by atoms with Crippen LogP contribution >= 0.6 is 12.2 Å². The van der Waals surface area contributed by atoms with Gasteiger partial charge in [-0.2, -0.15) is 0 Å². The first-order chi connectivity index (χ1) is 10.6. The van der Waals surface area contributed by atoms with Crippen LogP contribution in [-0.2, 0) is 9.59 Å². The molecule has 6 nitrogen and oxygen atoms in total. The minimum absolute atomic E-state index is 0.0265. The molecule has 0 unspecified atom stereocenters. The minimum Gasteiger partial charge on any atom is -0.465 e. The molecule has 0 aliphatic heterocycles. The summed E-state index contributed by atoms with van der Waals surface area (Å²) in [5.74, 6) is 0.112. The molecule has 1 aromatic rings. The number of rotatable bonds is 3. The lowest BCUT2D eigenvalue weighted by Gasteiger charge is -2.21. The molecule has 0 spiro atoms. The zero-order valence-electron chi connectivity index (χ0n) is 12.1. The number of hydrogen-bond acceptors (Lipinski definition) is 4. The molecule has 118 valence electrons. The Morgan fingerprint density at radius 3 is 2.68 bits per heavy atom. The maximum Gasteiger partial charge on any atom is 0.250 e. The van der Waals surface area contributed by atoms with Crippen LogP contribution in [0.2, 0.25) is 0 Å². The van der Waals surface area contributed by atoms with Crippen molar-refractivity contribution < 1.29 is 14.0 Å². The number of carbonyl (C=O) groups excluding carboxylic acids is 2. The number of hydrazine groups is 1. The van der Waals surface area contributed by atoms with E-state index in [1.165, 1.54) is 24.8 Å². The maximum absolute atomic E-state index is 11.9. The molecule has 0 bridgehead atoms. The molecular weight excluding hydrogens is 302 g/mol. The Morgan fingerprint density at radius 1 is 1.23 bits per heavy atom. The molecule has 0 radical (unpaired) electrons. The van der Waals surface area contributed by atoms with Crippen LogP contribution in [0.3, 0.4) is 0 Å². The molecule has 1 aromatic heterocycles. The van der Waals surface area contributed by atoms with Gasteiger partial charge in [0.1, 0.15) is 5.76 Å². The van der Waals surface area contributed by atoms with Crippen LogP contribution in [0.25, 0.3) is 6.08 Å². The van der Waals surface area contributed by atoms with Crippen molar-refractivity contribution in [3.05, 3.63) is 30.2 Å². The Labute approximate surface area is 134 Å². The van der Waals surface area contributed by atoms with Gasteiger partial charge in [-0.25, -0.2) is 0 Å². The molecule has 2 amide bonds. The smallest absolute Gasteiger partial charge is 0.250 e. The van der Waals surface area contributed by atoms with Crippen molar-refractivity contribution in [1.82, 2.24) is 16.2 Å². The van der Waals surface area contributed by atoms with E-state index in [1.54, 1.807) is 12.1 Å². The van der Waals surface area contributed by atoms with Crippen LogP contribution < -0.4 is 16.2 Å². The van der Waals surface area contributed by atoms with Crippen LogP contribution in [-0.4, -0.2) is 16.9 Å². The molecule has 1 aliphatic carbocycles. The van der Waals surface area contributed by atoms with Gasteiger partial charge in [0.05, 0.1) is 6.26 Å². The van der Waals surface area contributed by atoms with Crippen molar-refractivity contribution in [1.29, 1.82) is 0 Å². The van der Waals surface area contributed by atoms with Crippen molar-refractivity contribution in [2.24, 2.45) is 5.92 Å². The fraction of sp³-hybridized carbons (Fsp3) is 0.400.